The number of carbonyl (C=O) groups is 5. The van der Waals surface area contributed by atoms with Gasteiger partial charge in [-0.25, -0.2) is 0 Å². The predicted octanol–water partition coefficient (Wildman–Crippen LogP) is -2.54. The minimum atomic E-state index is -1.88. The zero-order valence-corrected chi connectivity index (χ0v) is 21.3. The number of hydrogen-bond acceptors (Lipinski definition) is 16. The highest BCUT2D eigenvalue weighted by Gasteiger charge is 2.55. The van der Waals surface area contributed by atoms with Gasteiger partial charge >= 0.3 is 29.8 Å². The lowest BCUT2D eigenvalue weighted by molar-refractivity contribution is -0.377. The molecular weight excluding hydrogens is 520 g/mol. The molecule has 0 radical (unpaired) electrons. The number of ether oxygens (including phenoxy) is 8. The first-order valence-electron chi connectivity index (χ1n) is 11.5. The molecule has 2 aliphatic heterocycles. The van der Waals surface area contributed by atoms with Crippen molar-refractivity contribution in [1.82, 2.24) is 0 Å². The van der Waals surface area contributed by atoms with Crippen LogP contribution < -0.4 is 0 Å². The summed E-state index contributed by atoms with van der Waals surface area (Å²) in [6.07, 6.45) is -16.2. The molecule has 0 bridgehead atoms. The van der Waals surface area contributed by atoms with Gasteiger partial charge in [0.05, 0.1) is 0 Å². The standard InChI is InChI=1S/C22H32O16/c1-8(23)31-6-13-15(28)16(29)17(30)21(36-13)38-22-20(35-12(5)27)19(34-11(4)26)18(33-10(3)25)14(37-22)7-32-9(2)24/h13-22,28-30H,6-7H2,1-5H3. The van der Waals surface area contributed by atoms with Gasteiger partial charge in [0, 0.05) is 34.6 Å². The van der Waals surface area contributed by atoms with Crippen molar-refractivity contribution in [2.45, 2.75) is 96.0 Å². The predicted molar refractivity (Wildman–Crippen MR) is 116 cm³/mol. The quantitative estimate of drug-likeness (QED) is 0.198. The Morgan fingerprint density at radius 2 is 1.00 bits per heavy atom. The van der Waals surface area contributed by atoms with Gasteiger partial charge in [-0.3, -0.25) is 24.0 Å². The first-order valence-corrected chi connectivity index (χ1v) is 11.5. The molecule has 0 saturated carbocycles. The van der Waals surface area contributed by atoms with Gasteiger partial charge in [0.15, 0.2) is 24.6 Å². The number of esters is 5. The summed E-state index contributed by atoms with van der Waals surface area (Å²) < 4.78 is 42.4. The molecule has 2 rings (SSSR count). The normalized spacial score (nSPS) is 34.9. The third-order valence-electron chi connectivity index (χ3n) is 5.34. The average Bonchev–Trinajstić information content (AvgIpc) is 2.80. The lowest BCUT2D eigenvalue weighted by Crippen LogP contribution is -2.65. The van der Waals surface area contributed by atoms with Crippen LogP contribution in [0.3, 0.4) is 0 Å². The van der Waals surface area contributed by atoms with E-state index in [2.05, 4.69) is 0 Å². The van der Waals surface area contributed by atoms with Crippen LogP contribution in [0.15, 0.2) is 0 Å². The van der Waals surface area contributed by atoms with Crippen molar-refractivity contribution >= 4 is 29.8 Å². The monoisotopic (exact) mass is 552 g/mol. The van der Waals surface area contributed by atoms with Gasteiger partial charge < -0.3 is 53.2 Å². The summed E-state index contributed by atoms with van der Waals surface area (Å²) in [5.41, 5.74) is 0. The lowest BCUT2D eigenvalue weighted by Gasteiger charge is -2.46. The smallest absolute Gasteiger partial charge is 0.303 e. The lowest BCUT2D eigenvalue weighted by atomic mass is 9.97. The van der Waals surface area contributed by atoms with Crippen molar-refractivity contribution in [3.05, 3.63) is 0 Å². The molecule has 0 aromatic rings. The average molecular weight is 552 g/mol. The van der Waals surface area contributed by atoms with Gasteiger partial charge in [-0.2, -0.15) is 0 Å². The van der Waals surface area contributed by atoms with E-state index in [-0.39, 0.29) is 0 Å². The van der Waals surface area contributed by atoms with Gasteiger partial charge in [-0.15, -0.1) is 0 Å². The molecule has 2 heterocycles. The Bertz CT molecular complexity index is 875. The van der Waals surface area contributed by atoms with E-state index in [1.165, 1.54) is 0 Å². The maximum Gasteiger partial charge on any atom is 0.303 e. The molecule has 216 valence electrons. The molecular formula is C22H32O16. The molecule has 0 aliphatic carbocycles. The molecule has 2 fully saturated rings. The molecule has 0 aromatic heterocycles. The van der Waals surface area contributed by atoms with E-state index >= 15 is 0 Å². The van der Waals surface area contributed by atoms with Crippen LogP contribution in [0.1, 0.15) is 34.6 Å². The van der Waals surface area contributed by atoms with Crippen LogP contribution >= 0.6 is 0 Å². The SMILES string of the molecule is CC(=O)OCC1OC(OC2OC(COC(C)=O)C(OC(C)=O)C(OC(C)=O)C2OC(C)=O)C(O)C(O)C1O. The van der Waals surface area contributed by atoms with E-state index < -0.39 is 104 Å². The molecule has 2 saturated heterocycles. The van der Waals surface area contributed by atoms with Crippen molar-refractivity contribution in [2.24, 2.45) is 0 Å². The number of aliphatic hydroxyl groups is 3. The summed E-state index contributed by atoms with van der Waals surface area (Å²) in [5.74, 6) is -4.03. The maximum absolute atomic E-state index is 11.9. The van der Waals surface area contributed by atoms with Gasteiger partial charge in [0.2, 0.25) is 6.29 Å². The van der Waals surface area contributed by atoms with Gasteiger partial charge in [0.1, 0.15) is 43.7 Å². The fourth-order valence-corrected chi connectivity index (χ4v) is 3.80. The van der Waals surface area contributed by atoms with E-state index in [4.69, 9.17) is 37.9 Å². The largest absolute Gasteiger partial charge is 0.463 e. The second kappa shape index (κ2) is 13.8. The van der Waals surface area contributed by atoms with Crippen LogP contribution in [0, 0.1) is 0 Å². The van der Waals surface area contributed by atoms with Crippen LogP contribution in [0.5, 0.6) is 0 Å². The third-order valence-corrected chi connectivity index (χ3v) is 5.34. The Morgan fingerprint density at radius 1 is 0.553 bits per heavy atom. The van der Waals surface area contributed by atoms with Crippen molar-refractivity contribution in [3.63, 3.8) is 0 Å². The summed E-state index contributed by atoms with van der Waals surface area (Å²) in [5, 5.41) is 31.0. The third kappa shape index (κ3) is 8.57. The van der Waals surface area contributed by atoms with Gasteiger partial charge in [-0.1, -0.05) is 0 Å². The first-order chi connectivity index (χ1) is 17.7. The molecule has 10 atom stereocenters. The summed E-state index contributed by atoms with van der Waals surface area (Å²) in [7, 11) is 0. The molecule has 0 aromatic carbocycles. The van der Waals surface area contributed by atoms with Crippen molar-refractivity contribution in [2.75, 3.05) is 13.2 Å². The first kappa shape index (κ1) is 31.3. The molecule has 0 spiro atoms. The summed E-state index contributed by atoms with van der Waals surface area (Å²) in [6.45, 7) is 4.28. The number of aliphatic hydroxyl groups excluding tert-OH is 3. The Kier molecular flexibility index (Phi) is 11.4. The molecule has 16 nitrogen and oxygen atoms in total. The summed E-state index contributed by atoms with van der Waals surface area (Å²) in [4.78, 5) is 58.2. The van der Waals surface area contributed by atoms with Gasteiger partial charge in [-0.05, 0) is 0 Å². The topological polar surface area (TPSA) is 220 Å². The minimum absolute atomic E-state index is 0.515. The number of rotatable bonds is 9. The summed E-state index contributed by atoms with van der Waals surface area (Å²) >= 11 is 0. The van der Waals surface area contributed by atoms with Crippen molar-refractivity contribution < 1.29 is 77.2 Å². The highest BCUT2D eigenvalue weighted by molar-refractivity contribution is 5.68. The summed E-state index contributed by atoms with van der Waals surface area (Å²) in [6, 6.07) is 0. The molecule has 2 aliphatic rings. The Labute approximate surface area is 216 Å². The van der Waals surface area contributed by atoms with Crippen LogP contribution in [-0.4, -0.2) is 120 Å². The fraction of sp³-hybridized carbons (Fsp3) is 0.773. The van der Waals surface area contributed by atoms with Crippen LogP contribution in [0.2, 0.25) is 0 Å². The Hall–Kier alpha value is -2.89. The molecule has 3 N–H and O–H groups in total. The van der Waals surface area contributed by atoms with E-state index in [1.54, 1.807) is 0 Å². The van der Waals surface area contributed by atoms with E-state index in [0.717, 1.165) is 34.6 Å². The second-order valence-corrected chi connectivity index (χ2v) is 8.52. The molecule has 0 amide bonds. The number of carbonyl (C=O) groups excluding carboxylic acids is 5. The van der Waals surface area contributed by atoms with Crippen LogP contribution in [0.25, 0.3) is 0 Å². The molecule has 10 unspecified atom stereocenters. The highest BCUT2D eigenvalue weighted by Crippen LogP contribution is 2.32. The Morgan fingerprint density at radius 3 is 1.50 bits per heavy atom. The van der Waals surface area contributed by atoms with Crippen LogP contribution in [-0.2, 0) is 61.9 Å². The van der Waals surface area contributed by atoms with Crippen LogP contribution in [0.4, 0.5) is 0 Å². The maximum atomic E-state index is 11.9. The molecule has 38 heavy (non-hydrogen) atoms. The van der Waals surface area contributed by atoms with E-state index in [9.17, 15) is 39.3 Å². The highest BCUT2D eigenvalue weighted by atomic mass is 16.8. The van der Waals surface area contributed by atoms with Gasteiger partial charge in [0.25, 0.3) is 0 Å². The molecule has 16 heteroatoms. The fourth-order valence-electron chi connectivity index (χ4n) is 3.80. The minimum Gasteiger partial charge on any atom is -0.463 e. The zero-order chi connectivity index (χ0) is 28.7. The van der Waals surface area contributed by atoms with E-state index in [1.807, 2.05) is 0 Å². The second-order valence-electron chi connectivity index (χ2n) is 8.52. The van der Waals surface area contributed by atoms with Crippen molar-refractivity contribution in [1.29, 1.82) is 0 Å². The van der Waals surface area contributed by atoms with Crippen molar-refractivity contribution in [3.8, 4) is 0 Å². The van der Waals surface area contributed by atoms with E-state index in [0.29, 0.717) is 0 Å². The zero-order valence-electron chi connectivity index (χ0n) is 21.3. The number of hydrogen-bond donors (Lipinski definition) is 3. The Balaban J connectivity index is 2.42.